The molecule has 2 atom stereocenters. The van der Waals surface area contributed by atoms with E-state index in [0.717, 1.165) is 57.5 Å². The monoisotopic (exact) mass is 696 g/mol. The van der Waals surface area contributed by atoms with Crippen LogP contribution in [0.25, 0.3) is 34.0 Å². The fourth-order valence-corrected chi connectivity index (χ4v) is 8.50. The van der Waals surface area contributed by atoms with Crippen LogP contribution < -0.4 is 18.9 Å². The lowest BCUT2D eigenvalue weighted by atomic mass is 9.93. The van der Waals surface area contributed by atoms with Gasteiger partial charge in [0.2, 0.25) is 0 Å². The standard InChI is InChI=1S/C42H40N4O6/c1-49-27-11-13-29-31-15-17-43-24-36-40-32(30-14-12-28(50-2)20-34(30)46(40)22-26-8-6-10-38(52-4)42(26)48)16-18-44(36)23-35(43)39(31)45(33(29)19-27)21-25-7-5-9-37(51-3)41(25)47/h5-20,35-36,47-48H,21-24H2,1-4H3. The van der Waals surface area contributed by atoms with Crippen molar-refractivity contribution >= 4 is 34.0 Å². The molecule has 2 N–H and O–H groups in total. The molecule has 2 aromatic heterocycles. The lowest BCUT2D eigenvalue weighted by Crippen LogP contribution is -2.48. The molecule has 0 radical (unpaired) electrons. The summed E-state index contributed by atoms with van der Waals surface area (Å²) in [7, 11) is 6.52. The summed E-state index contributed by atoms with van der Waals surface area (Å²) in [6.07, 6.45) is 8.94. The first kappa shape index (κ1) is 31.8. The Morgan fingerprint density at radius 2 is 1.02 bits per heavy atom. The zero-order chi connectivity index (χ0) is 35.7. The number of phenolic OH excluding ortho intramolecular Hbond substituents is 2. The Hall–Kier alpha value is -6.16. The van der Waals surface area contributed by atoms with E-state index in [2.05, 4.69) is 67.8 Å². The second kappa shape index (κ2) is 12.3. The van der Waals surface area contributed by atoms with Crippen molar-refractivity contribution in [3.05, 3.63) is 119 Å². The van der Waals surface area contributed by atoms with Crippen LogP contribution in [0, 0.1) is 0 Å². The predicted molar refractivity (Wildman–Crippen MR) is 201 cm³/mol. The highest BCUT2D eigenvalue weighted by atomic mass is 16.5. The third kappa shape index (κ3) is 4.77. The number of aromatic nitrogens is 2. The maximum Gasteiger partial charge on any atom is 0.162 e. The number of rotatable bonds is 8. The number of piperazine rings is 1. The number of aromatic hydroxyl groups is 2. The number of nitrogens with zero attached hydrogens (tertiary/aromatic N) is 4. The van der Waals surface area contributed by atoms with Crippen LogP contribution in [-0.4, -0.2) is 70.7 Å². The molecule has 0 amide bonds. The average Bonchev–Trinajstić information content (AvgIpc) is 3.66. The molecule has 5 heterocycles. The van der Waals surface area contributed by atoms with Crippen molar-refractivity contribution in [3.8, 4) is 34.5 Å². The molecule has 0 saturated carbocycles. The third-order valence-electron chi connectivity index (χ3n) is 11.0. The fraction of sp³-hybridized carbons (Fsp3) is 0.238. The minimum atomic E-state index is 0.0361. The first-order valence-electron chi connectivity index (χ1n) is 17.4. The molecule has 6 aromatic rings. The number of phenols is 2. The topological polar surface area (TPSA) is 93.7 Å². The fourth-order valence-electron chi connectivity index (χ4n) is 8.50. The summed E-state index contributed by atoms with van der Waals surface area (Å²) in [5, 5.41) is 24.6. The number of ether oxygens (including phenoxy) is 4. The normalized spacial score (nSPS) is 17.2. The average molecular weight is 697 g/mol. The van der Waals surface area contributed by atoms with E-state index in [1.165, 1.54) is 22.5 Å². The molecular formula is C42H40N4O6. The molecule has 10 heteroatoms. The van der Waals surface area contributed by atoms with Gasteiger partial charge in [-0.2, -0.15) is 0 Å². The minimum Gasteiger partial charge on any atom is -0.504 e. The van der Waals surface area contributed by atoms with Gasteiger partial charge in [0, 0.05) is 70.6 Å². The maximum atomic E-state index is 11.2. The highest BCUT2D eigenvalue weighted by Crippen LogP contribution is 2.48. The summed E-state index contributed by atoms with van der Waals surface area (Å²) in [5.74, 6) is 2.75. The zero-order valence-corrected chi connectivity index (χ0v) is 29.5. The maximum absolute atomic E-state index is 11.2. The summed E-state index contributed by atoms with van der Waals surface area (Å²) in [4.78, 5) is 4.91. The van der Waals surface area contributed by atoms with Gasteiger partial charge in [0.1, 0.15) is 11.5 Å². The van der Waals surface area contributed by atoms with E-state index in [1.807, 2.05) is 36.4 Å². The Morgan fingerprint density at radius 1 is 0.577 bits per heavy atom. The van der Waals surface area contributed by atoms with E-state index >= 15 is 0 Å². The minimum absolute atomic E-state index is 0.0361. The molecule has 4 aromatic carbocycles. The second-order valence-corrected chi connectivity index (χ2v) is 13.5. The largest absolute Gasteiger partial charge is 0.504 e. The number of benzene rings is 4. The molecule has 2 unspecified atom stereocenters. The molecule has 264 valence electrons. The van der Waals surface area contributed by atoms with Crippen LogP contribution in [0.3, 0.4) is 0 Å². The highest BCUT2D eigenvalue weighted by Gasteiger charge is 2.41. The van der Waals surface area contributed by atoms with Crippen molar-refractivity contribution in [1.82, 2.24) is 18.9 Å². The first-order valence-corrected chi connectivity index (χ1v) is 17.4. The zero-order valence-electron chi connectivity index (χ0n) is 29.5. The molecule has 1 fully saturated rings. The van der Waals surface area contributed by atoms with Crippen molar-refractivity contribution in [2.24, 2.45) is 0 Å². The smallest absolute Gasteiger partial charge is 0.162 e. The number of para-hydroxylation sites is 2. The molecule has 0 spiro atoms. The lowest BCUT2D eigenvalue weighted by molar-refractivity contribution is 0.0837. The number of methoxy groups -OCH3 is 4. The highest BCUT2D eigenvalue weighted by molar-refractivity contribution is 5.94. The van der Waals surface area contributed by atoms with E-state index in [9.17, 15) is 10.2 Å². The van der Waals surface area contributed by atoms with Crippen LogP contribution in [0.1, 0.15) is 45.7 Å². The van der Waals surface area contributed by atoms with Crippen molar-refractivity contribution in [2.45, 2.75) is 25.2 Å². The van der Waals surface area contributed by atoms with Crippen LogP contribution in [0.4, 0.5) is 0 Å². The van der Waals surface area contributed by atoms with Crippen molar-refractivity contribution < 1.29 is 29.2 Å². The van der Waals surface area contributed by atoms with E-state index < -0.39 is 0 Å². The van der Waals surface area contributed by atoms with Crippen molar-refractivity contribution in [1.29, 1.82) is 0 Å². The van der Waals surface area contributed by atoms with Gasteiger partial charge in [0.05, 0.1) is 76.0 Å². The summed E-state index contributed by atoms with van der Waals surface area (Å²) in [6, 6.07) is 23.8. The Balaban J connectivity index is 1.16. The Bertz CT molecular complexity index is 2270. The van der Waals surface area contributed by atoms with Crippen LogP contribution in [0.2, 0.25) is 0 Å². The molecule has 10 nitrogen and oxygen atoms in total. The number of fused-ring (bicyclic) bond motifs is 10. The van der Waals surface area contributed by atoms with Gasteiger partial charge in [-0.1, -0.05) is 24.3 Å². The molecule has 0 aliphatic carbocycles. The second-order valence-electron chi connectivity index (χ2n) is 13.5. The molecule has 9 rings (SSSR count). The van der Waals surface area contributed by atoms with E-state index in [1.54, 1.807) is 40.6 Å². The Morgan fingerprint density at radius 3 is 1.42 bits per heavy atom. The lowest BCUT2D eigenvalue weighted by Gasteiger charge is -2.49. The van der Waals surface area contributed by atoms with Gasteiger partial charge in [-0.3, -0.25) is 0 Å². The van der Waals surface area contributed by atoms with Crippen LogP contribution in [0.5, 0.6) is 34.5 Å². The van der Waals surface area contributed by atoms with Gasteiger partial charge in [-0.05, 0) is 48.6 Å². The molecule has 0 bridgehead atoms. The van der Waals surface area contributed by atoms with Gasteiger partial charge in [-0.15, -0.1) is 0 Å². The van der Waals surface area contributed by atoms with Gasteiger partial charge >= 0.3 is 0 Å². The molecule has 1 saturated heterocycles. The summed E-state index contributed by atoms with van der Waals surface area (Å²) >= 11 is 0. The van der Waals surface area contributed by atoms with Crippen LogP contribution >= 0.6 is 0 Å². The van der Waals surface area contributed by atoms with E-state index in [-0.39, 0.29) is 23.6 Å². The third-order valence-corrected chi connectivity index (χ3v) is 11.0. The quantitative estimate of drug-likeness (QED) is 0.169. The molecule has 3 aliphatic rings. The summed E-state index contributed by atoms with van der Waals surface area (Å²) in [6.45, 7) is 2.41. The van der Waals surface area contributed by atoms with Crippen molar-refractivity contribution in [3.63, 3.8) is 0 Å². The Kier molecular flexibility index (Phi) is 7.50. The summed E-state index contributed by atoms with van der Waals surface area (Å²) in [5.41, 5.74) is 8.38. The van der Waals surface area contributed by atoms with Crippen molar-refractivity contribution in [2.75, 3.05) is 41.5 Å². The van der Waals surface area contributed by atoms with Gasteiger partial charge in [0.25, 0.3) is 0 Å². The van der Waals surface area contributed by atoms with Gasteiger partial charge in [-0.25, -0.2) is 0 Å². The predicted octanol–water partition coefficient (Wildman–Crippen LogP) is 7.51. The molecular weight excluding hydrogens is 656 g/mol. The summed E-state index contributed by atoms with van der Waals surface area (Å²) < 4.78 is 27.0. The number of hydrogen-bond donors (Lipinski definition) is 2. The van der Waals surface area contributed by atoms with E-state index in [0.29, 0.717) is 24.6 Å². The van der Waals surface area contributed by atoms with Crippen LogP contribution in [0.15, 0.2) is 85.2 Å². The molecule has 52 heavy (non-hydrogen) atoms. The number of hydrogen-bond acceptors (Lipinski definition) is 8. The van der Waals surface area contributed by atoms with Gasteiger partial charge < -0.3 is 48.1 Å². The Labute approximate surface area is 301 Å². The first-order chi connectivity index (χ1) is 25.4. The molecule has 3 aliphatic heterocycles. The van der Waals surface area contributed by atoms with Crippen LogP contribution in [-0.2, 0) is 13.1 Å². The van der Waals surface area contributed by atoms with E-state index in [4.69, 9.17) is 18.9 Å². The van der Waals surface area contributed by atoms with Gasteiger partial charge in [0.15, 0.2) is 23.0 Å². The SMILES string of the molecule is COc1ccc2c3c(n(Cc4cccc(OC)c4O)c2c1)C1CN2C=Cc4c(n(Cc5cccc(OC)c5O)c5cc(OC)ccc45)C2CN1C=C3.